The molecule has 2 aromatic heterocycles. The van der Waals surface area contributed by atoms with Crippen molar-refractivity contribution in [3.05, 3.63) is 35.8 Å². The summed E-state index contributed by atoms with van der Waals surface area (Å²) < 4.78 is 6.19. The summed E-state index contributed by atoms with van der Waals surface area (Å²) in [5, 5.41) is 13.0. The number of nitrogens with two attached hydrogens (primary N) is 1. The highest BCUT2D eigenvalue weighted by Gasteiger charge is 2.13. The first-order valence-corrected chi connectivity index (χ1v) is 5.53. The maximum Gasteiger partial charge on any atom is 0.341 e. The molecule has 0 aliphatic heterocycles. The number of pyridine rings is 1. The Balaban J connectivity index is 2.39. The van der Waals surface area contributed by atoms with Gasteiger partial charge in [0.1, 0.15) is 6.07 Å². The van der Waals surface area contributed by atoms with E-state index in [9.17, 15) is 4.79 Å². The molecule has 7 nitrogen and oxygen atoms in total. The number of anilines is 1. The van der Waals surface area contributed by atoms with E-state index in [0.29, 0.717) is 17.1 Å². The molecule has 0 aromatic carbocycles. The van der Waals surface area contributed by atoms with Crippen molar-refractivity contribution in [3.8, 4) is 11.9 Å². The van der Waals surface area contributed by atoms with E-state index < -0.39 is 5.97 Å². The van der Waals surface area contributed by atoms with Gasteiger partial charge in [-0.05, 0) is 13.0 Å². The highest BCUT2D eigenvalue weighted by molar-refractivity contribution is 5.88. The van der Waals surface area contributed by atoms with Crippen molar-refractivity contribution in [2.45, 2.75) is 6.92 Å². The fourth-order valence-corrected chi connectivity index (χ4v) is 1.50. The largest absolute Gasteiger partial charge is 0.462 e. The van der Waals surface area contributed by atoms with Crippen molar-refractivity contribution in [2.24, 2.45) is 0 Å². The first-order valence-electron chi connectivity index (χ1n) is 5.53. The minimum absolute atomic E-state index is 0.276. The van der Waals surface area contributed by atoms with Crippen LogP contribution in [0.1, 0.15) is 22.8 Å². The quantitative estimate of drug-likeness (QED) is 0.818. The lowest BCUT2D eigenvalue weighted by Gasteiger charge is -2.03. The minimum atomic E-state index is -0.470. The van der Waals surface area contributed by atoms with Crippen LogP contribution in [0.25, 0.3) is 5.82 Å². The van der Waals surface area contributed by atoms with Gasteiger partial charge >= 0.3 is 5.97 Å². The number of aromatic nitrogens is 3. The maximum atomic E-state index is 11.5. The SMILES string of the molecule is CCOC(=O)c1cnn(-c2ncc(N)cc2C#N)c1. The Morgan fingerprint density at radius 1 is 1.58 bits per heavy atom. The van der Waals surface area contributed by atoms with E-state index in [2.05, 4.69) is 10.1 Å². The number of esters is 1. The van der Waals surface area contributed by atoms with Gasteiger partial charge in [-0.15, -0.1) is 0 Å². The highest BCUT2D eigenvalue weighted by Crippen LogP contribution is 2.14. The summed E-state index contributed by atoms with van der Waals surface area (Å²) in [4.78, 5) is 15.6. The molecule has 2 N–H and O–H groups in total. The van der Waals surface area contributed by atoms with Crippen LogP contribution in [-0.2, 0) is 4.74 Å². The molecule has 2 rings (SSSR count). The van der Waals surface area contributed by atoms with Gasteiger partial charge < -0.3 is 10.5 Å². The molecule has 96 valence electrons. The number of carbonyl (C=O) groups excluding carboxylic acids is 1. The van der Waals surface area contributed by atoms with E-state index >= 15 is 0 Å². The van der Waals surface area contributed by atoms with E-state index in [1.165, 1.54) is 29.3 Å². The van der Waals surface area contributed by atoms with Crippen molar-refractivity contribution in [2.75, 3.05) is 12.3 Å². The number of ether oxygens (including phenoxy) is 1. The van der Waals surface area contributed by atoms with E-state index in [0.717, 1.165) is 0 Å². The fourth-order valence-electron chi connectivity index (χ4n) is 1.50. The Morgan fingerprint density at radius 2 is 2.37 bits per heavy atom. The molecule has 0 unspecified atom stereocenters. The zero-order valence-electron chi connectivity index (χ0n) is 10.2. The van der Waals surface area contributed by atoms with Gasteiger partial charge in [-0.3, -0.25) is 0 Å². The number of hydrogen-bond donors (Lipinski definition) is 1. The number of nitriles is 1. The van der Waals surface area contributed by atoms with Gasteiger partial charge in [0.2, 0.25) is 0 Å². The first kappa shape index (κ1) is 12.6. The molecule has 0 radical (unpaired) electrons. The lowest BCUT2D eigenvalue weighted by molar-refractivity contribution is 0.0526. The van der Waals surface area contributed by atoms with Gasteiger partial charge in [0.25, 0.3) is 0 Å². The number of nitrogens with zero attached hydrogens (tertiary/aromatic N) is 4. The predicted molar refractivity (Wildman–Crippen MR) is 66.4 cm³/mol. The maximum absolute atomic E-state index is 11.5. The molecule has 0 aliphatic carbocycles. The van der Waals surface area contributed by atoms with Crippen LogP contribution in [0.2, 0.25) is 0 Å². The average Bonchev–Trinajstić information content (AvgIpc) is 2.88. The molecular formula is C12H11N5O2. The van der Waals surface area contributed by atoms with E-state index in [-0.39, 0.29) is 12.2 Å². The molecular weight excluding hydrogens is 246 g/mol. The number of rotatable bonds is 3. The van der Waals surface area contributed by atoms with Gasteiger partial charge in [0, 0.05) is 6.20 Å². The van der Waals surface area contributed by atoms with Crippen molar-refractivity contribution in [3.63, 3.8) is 0 Å². The van der Waals surface area contributed by atoms with Gasteiger partial charge in [0.05, 0.1) is 35.8 Å². The molecule has 0 bridgehead atoms. The second kappa shape index (κ2) is 5.18. The summed E-state index contributed by atoms with van der Waals surface area (Å²) in [6, 6.07) is 3.47. The highest BCUT2D eigenvalue weighted by atomic mass is 16.5. The standard InChI is InChI=1S/C12H11N5O2/c1-2-19-12(18)9-5-16-17(7-9)11-8(4-13)3-10(14)6-15-11/h3,5-7H,2,14H2,1H3. The zero-order chi connectivity index (χ0) is 13.8. The Hall–Kier alpha value is -2.88. The minimum Gasteiger partial charge on any atom is -0.462 e. The van der Waals surface area contributed by atoms with Crippen molar-refractivity contribution >= 4 is 11.7 Å². The summed E-state index contributed by atoms with van der Waals surface area (Å²) in [7, 11) is 0. The van der Waals surface area contributed by atoms with Crippen LogP contribution in [0, 0.1) is 11.3 Å². The van der Waals surface area contributed by atoms with Gasteiger partial charge in [0.15, 0.2) is 5.82 Å². The molecule has 0 aliphatic rings. The molecule has 19 heavy (non-hydrogen) atoms. The molecule has 0 saturated carbocycles. The number of nitrogen functional groups attached to an aromatic ring is 1. The summed E-state index contributed by atoms with van der Waals surface area (Å²) in [6.07, 6.45) is 4.23. The van der Waals surface area contributed by atoms with Crippen LogP contribution in [0.3, 0.4) is 0 Å². The van der Waals surface area contributed by atoms with E-state index in [4.69, 9.17) is 15.7 Å². The van der Waals surface area contributed by atoms with Crippen molar-refractivity contribution in [1.29, 1.82) is 5.26 Å². The predicted octanol–water partition coefficient (Wildman–Crippen LogP) is 0.898. The van der Waals surface area contributed by atoms with Crippen LogP contribution in [0.15, 0.2) is 24.7 Å². The number of carbonyl (C=O) groups is 1. The average molecular weight is 257 g/mol. The van der Waals surface area contributed by atoms with Crippen LogP contribution in [-0.4, -0.2) is 27.3 Å². The molecule has 2 aromatic rings. The third kappa shape index (κ3) is 2.52. The molecule has 0 atom stereocenters. The molecule has 0 spiro atoms. The van der Waals surface area contributed by atoms with Gasteiger partial charge in [-0.2, -0.15) is 10.4 Å². The molecule has 0 fully saturated rings. The topological polar surface area (TPSA) is 107 Å². The molecule has 7 heteroatoms. The Kier molecular flexibility index (Phi) is 3.43. The van der Waals surface area contributed by atoms with Gasteiger partial charge in [-0.1, -0.05) is 0 Å². The summed E-state index contributed by atoms with van der Waals surface area (Å²) in [5.74, 6) is -0.157. The molecule has 0 saturated heterocycles. The van der Waals surface area contributed by atoms with E-state index in [1.54, 1.807) is 6.92 Å². The lowest BCUT2D eigenvalue weighted by Crippen LogP contribution is -2.04. The first-order chi connectivity index (χ1) is 9.15. The fraction of sp³-hybridized carbons (Fsp3) is 0.167. The third-order valence-corrected chi connectivity index (χ3v) is 2.32. The smallest absolute Gasteiger partial charge is 0.341 e. The van der Waals surface area contributed by atoms with Crippen LogP contribution in [0.5, 0.6) is 0 Å². The second-order valence-corrected chi connectivity index (χ2v) is 3.65. The second-order valence-electron chi connectivity index (χ2n) is 3.65. The Morgan fingerprint density at radius 3 is 3.05 bits per heavy atom. The number of hydrogen-bond acceptors (Lipinski definition) is 6. The van der Waals surface area contributed by atoms with E-state index in [1.807, 2.05) is 6.07 Å². The Labute approximate surface area is 109 Å². The van der Waals surface area contributed by atoms with Crippen LogP contribution in [0.4, 0.5) is 5.69 Å². The Bertz CT molecular complexity index is 656. The third-order valence-electron chi connectivity index (χ3n) is 2.32. The molecule has 2 heterocycles. The van der Waals surface area contributed by atoms with Gasteiger partial charge in [-0.25, -0.2) is 14.5 Å². The van der Waals surface area contributed by atoms with Crippen LogP contribution >= 0.6 is 0 Å². The van der Waals surface area contributed by atoms with Crippen LogP contribution < -0.4 is 5.73 Å². The normalized spacial score (nSPS) is 9.89. The lowest BCUT2D eigenvalue weighted by atomic mass is 10.2. The monoisotopic (exact) mass is 257 g/mol. The summed E-state index contributed by atoms with van der Waals surface area (Å²) >= 11 is 0. The zero-order valence-corrected chi connectivity index (χ0v) is 10.2. The van der Waals surface area contributed by atoms with Crippen molar-refractivity contribution < 1.29 is 9.53 Å². The van der Waals surface area contributed by atoms with Crippen molar-refractivity contribution in [1.82, 2.24) is 14.8 Å². The summed E-state index contributed by atoms with van der Waals surface area (Å²) in [5.41, 5.74) is 6.52. The molecule has 0 amide bonds. The summed E-state index contributed by atoms with van der Waals surface area (Å²) in [6.45, 7) is 2.01.